The van der Waals surface area contributed by atoms with E-state index >= 15 is 4.39 Å². The van der Waals surface area contributed by atoms with Crippen LogP contribution in [0.5, 0.6) is 11.8 Å². The largest absolute Gasteiger partial charge is 0.508 e. The van der Waals surface area contributed by atoms with Gasteiger partial charge < -0.3 is 25.3 Å². The number of nitrogens with zero attached hydrogens (tertiary/aromatic N) is 3. The Balaban J connectivity index is 0.000000273. The zero-order valence-corrected chi connectivity index (χ0v) is 21.7. The van der Waals surface area contributed by atoms with E-state index in [0.29, 0.717) is 28.7 Å². The topological polar surface area (TPSA) is 124 Å². The van der Waals surface area contributed by atoms with Gasteiger partial charge in [0.15, 0.2) is 5.82 Å². The van der Waals surface area contributed by atoms with Gasteiger partial charge in [-0.2, -0.15) is 9.97 Å². The average molecular weight is 550 g/mol. The maximum atomic E-state index is 15.6. The van der Waals surface area contributed by atoms with E-state index in [4.69, 9.17) is 21.4 Å². The van der Waals surface area contributed by atoms with Crippen LogP contribution in [-0.4, -0.2) is 75.6 Å². The second kappa shape index (κ2) is 11.0. The number of fused-ring (bicyclic) bond motifs is 2. The van der Waals surface area contributed by atoms with Crippen molar-refractivity contribution in [2.45, 2.75) is 50.2 Å². The summed E-state index contributed by atoms with van der Waals surface area (Å²) in [5.41, 5.74) is 0.0171. The number of anilines is 1. The number of aliphatic hydroxyl groups is 1. The number of rotatable bonds is 6. The number of hydrogen-bond donors (Lipinski definition) is 4. The number of hydrogen-bond acceptors (Lipinski definition) is 8. The van der Waals surface area contributed by atoms with E-state index < -0.39 is 17.5 Å². The Kier molecular flexibility index (Phi) is 7.69. The van der Waals surface area contributed by atoms with Gasteiger partial charge in [-0.15, -0.1) is 0 Å². The number of phenols is 1. The molecule has 38 heavy (non-hydrogen) atoms. The molecular weight excluding hydrogens is 520 g/mol. The standard InChI is InChI=1S/C19H18ClFN4O4.C7H12FN/c1-29-19-24-16-13(17(25-19)22-4-5-26)18(28)23-15(14(16)21)10-6-9(27)7-11(20)12(10)8-2-3-8;8-6-4-7-2-1-3-9(7)5-6/h6-8,26-27H,2-5H2,1H3,(H,23,28)(H,22,24,25);6-7H,1-5H2. The molecule has 4 N–H and O–H groups in total. The Hall–Kier alpha value is -3.02. The summed E-state index contributed by atoms with van der Waals surface area (Å²) in [7, 11) is 1.32. The van der Waals surface area contributed by atoms with Gasteiger partial charge >= 0.3 is 6.01 Å². The van der Waals surface area contributed by atoms with E-state index in [1.165, 1.54) is 32.1 Å². The fraction of sp³-hybridized carbons (Fsp3) is 0.500. The third-order valence-corrected chi connectivity index (χ3v) is 7.51. The Morgan fingerprint density at radius 1 is 1.29 bits per heavy atom. The minimum absolute atomic E-state index is 0.0453. The summed E-state index contributed by atoms with van der Waals surface area (Å²) in [5, 5.41) is 22.0. The molecule has 2 unspecified atom stereocenters. The number of alkyl halides is 1. The minimum Gasteiger partial charge on any atom is -0.508 e. The number of methoxy groups -OCH3 is 1. The molecule has 204 valence electrons. The van der Waals surface area contributed by atoms with E-state index in [-0.39, 0.29) is 53.2 Å². The molecule has 2 aromatic heterocycles. The summed E-state index contributed by atoms with van der Waals surface area (Å²) >= 11 is 6.31. The summed E-state index contributed by atoms with van der Waals surface area (Å²) in [6, 6.07) is 3.26. The summed E-state index contributed by atoms with van der Waals surface area (Å²) in [5.74, 6) is -0.751. The number of aromatic hydroxyl groups is 1. The van der Waals surface area contributed by atoms with Crippen LogP contribution >= 0.6 is 11.6 Å². The summed E-state index contributed by atoms with van der Waals surface area (Å²) in [6.45, 7) is 1.75. The van der Waals surface area contributed by atoms with Crippen LogP contribution in [0.15, 0.2) is 16.9 Å². The molecule has 0 spiro atoms. The maximum Gasteiger partial charge on any atom is 0.318 e. The summed E-state index contributed by atoms with van der Waals surface area (Å²) in [6.07, 6.45) is 4.59. The molecule has 2 saturated heterocycles. The van der Waals surface area contributed by atoms with Crippen molar-refractivity contribution in [3.8, 4) is 23.0 Å². The van der Waals surface area contributed by atoms with Gasteiger partial charge in [-0.3, -0.25) is 9.69 Å². The van der Waals surface area contributed by atoms with Gasteiger partial charge in [-0.1, -0.05) is 11.6 Å². The Labute approximate surface area is 222 Å². The predicted molar refractivity (Wildman–Crippen MR) is 140 cm³/mol. The Morgan fingerprint density at radius 3 is 2.76 bits per heavy atom. The van der Waals surface area contributed by atoms with Crippen LogP contribution in [0.25, 0.3) is 22.2 Å². The molecule has 0 radical (unpaired) electrons. The fourth-order valence-corrected chi connectivity index (χ4v) is 5.73. The zero-order chi connectivity index (χ0) is 27.0. The number of halogens is 3. The predicted octanol–water partition coefficient (Wildman–Crippen LogP) is 3.97. The SMILES string of the molecule is COc1nc(NCCO)c2c(=O)[nH]c(-c3cc(O)cc(Cl)c3C3CC3)c(F)c2n1.FC1CC2CCCN2C1. The number of phenolic OH excluding ortho intramolecular Hbond substituents is 1. The lowest BCUT2D eigenvalue weighted by atomic mass is 9.98. The fourth-order valence-electron chi connectivity index (χ4n) is 5.37. The second-order valence-corrected chi connectivity index (χ2v) is 10.3. The van der Waals surface area contributed by atoms with Crippen LogP contribution in [0.2, 0.25) is 5.02 Å². The molecule has 2 atom stereocenters. The highest BCUT2D eigenvalue weighted by atomic mass is 35.5. The highest BCUT2D eigenvalue weighted by Crippen LogP contribution is 2.49. The number of benzene rings is 1. The van der Waals surface area contributed by atoms with E-state index in [9.17, 15) is 14.3 Å². The van der Waals surface area contributed by atoms with Crippen molar-refractivity contribution in [1.29, 1.82) is 0 Å². The van der Waals surface area contributed by atoms with Gasteiger partial charge in [0.1, 0.15) is 28.6 Å². The van der Waals surface area contributed by atoms with Crippen molar-refractivity contribution >= 4 is 28.3 Å². The van der Waals surface area contributed by atoms with Gasteiger partial charge in [-0.25, -0.2) is 8.78 Å². The molecule has 0 bridgehead atoms. The molecule has 6 rings (SSSR count). The first kappa shape index (κ1) is 26.6. The maximum absolute atomic E-state index is 15.6. The normalized spacial score (nSPS) is 20.8. The van der Waals surface area contributed by atoms with Crippen molar-refractivity contribution in [2.24, 2.45) is 0 Å². The molecule has 1 saturated carbocycles. The number of pyridine rings is 1. The molecule has 3 fully saturated rings. The quantitative estimate of drug-likeness (QED) is 0.364. The lowest BCUT2D eigenvalue weighted by Crippen LogP contribution is -2.22. The molecule has 12 heteroatoms. The first-order valence-corrected chi connectivity index (χ1v) is 13.1. The molecule has 9 nitrogen and oxygen atoms in total. The average Bonchev–Trinajstić information content (AvgIpc) is 3.53. The van der Waals surface area contributed by atoms with Crippen molar-refractivity contribution in [3.05, 3.63) is 38.9 Å². The van der Waals surface area contributed by atoms with Crippen molar-refractivity contribution in [3.63, 3.8) is 0 Å². The van der Waals surface area contributed by atoms with Crippen LogP contribution in [0, 0.1) is 5.82 Å². The van der Waals surface area contributed by atoms with Crippen molar-refractivity contribution < 1.29 is 23.7 Å². The van der Waals surface area contributed by atoms with Gasteiger partial charge in [0.2, 0.25) is 0 Å². The third kappa shape index (κ3) is 5.27. The van der Waals surface area contributed by atoms with Crippen LogP contribution in [0.4, 0.5) is 14.6 Å². The summed E-state index contributed by atoms with van der Waals surface area (Å²) < 4.78 is 33.2. The zero-order valence-electron chi connectivity index (χ0n) is 20.9. The molecule has 4 heterocycles. The van der Waals surface area contributed by atoms with E-state index in [0.717, 1.165) is 25.8 Å². The molecule has 1 aromatic carbocycles. The number of aromatic amines is 1. The molecule has 0 amide bonds. The molecule has 2 aliphatic heterocycles. The van der Waals surface area contributed by atoms with Crippen LogP contribution in [0.3, 0.4) is 0 Å². The van der Waals surface area contributed by atoms with E-state index in [1.807, 2.05) is 0 Å². The van der Waals surface area contributed by atoms with Crippen LogP contribution < -0.4 is 15.6 Å². The first-order chi connectivity index (χ1) is 18.3. The van der Waals surface area contributed by atoms with Gasteiger partial charge in [0.25, 0.3) is 5.56 Å². The lowest BCUT2D eigenvalue weighted by Gasteiger charge is -2.15. The molecule has 3 aliphatic rings. The summed E-state index contributed by atoms with van der Waals surface area (Å²) in [4.78, 5) is 25.7. The number of aliphatic hydroxyl groups excluding tert-OH is 1. The number of aromatic nitrogens is 3. The number of ether oxygens (including phenoxy) is 1. The van der Waals surface area contributed by atoms with E-state index in [2.05, 4.69) is 25.2 Å². The Bertz CT molecular complexity index is 1390. The second-order valence-electron chi connectivity index (χ2n) is 9.86. The van der Waals surface area contributed by atoms with E-state index in [1.54, 1.807) is 0 Å². The van der Waals surface area contributed by atoms with Crippen molar-refractivity contribution in [1.82, 2.24) is 19.9 Å². The van der Waals surface area contributed by atoms with Gasteiger partial charge in [-0.05, 0) is 62.3 Å². The van der Waals surface area contributed by atoms with Crippen LogP contribution in [0.1, 0.15) is 43.6 Å². The first-order valence-electron chi connectivity index (χ1n) is 12.7. The monoisotopic (exact) mass is 549 g/mol. The number of nitrogens with one attached hydrogen (secondary N) is 2. The molecular formula is C26H30ClF2N5O4. The van der Waals surface area contributed by atoms with Gasteiger partial charge in [0.05, 0.1) is 19.4 Å². The highest BCUT2D eigenvalue weighted by Gasteiger charge is 2.35. The van der Waals surface area contributed by atoms with Crippen LogP contribution in [-0.2, 0) is 0 Å². The number of H-pyrrole nitrogens is 1. The van der Waals surface area contributed by atoms with Gasteiger partial charge in [0, 0.05) is 29.7 Å². The smallest absolute Gasteiger partial charge is 0.318 e. The highest BCUT2D eigenvalue weighted by molar-refractivity contribution is 6.32. The third-order valence-electron chi connectivity index (χ3n) is 7.20. The van der Waals surface area contributed by atoms with Crippen molar-refractivity contribution in [2.75, 3.05) is 38.7 Å². The minimum atomic E-state index is -0.795. The molecule has 1 aliphatic carbocycles. The Morgan fingerprint density at radius 2 is 2.08 bits per heavy atom. The molecule has 3 aromatic rings. The lowest BCUT2D eigenvalue weighted by molar-refractivity contribution is 0.292.